The Hall–Kier alpha value is -3.45. The molecule has 1 aliphatic rings. The van der Waals surface area contributed by atoms with E-state index in [2.05, 4.69) is 5.32 Å². The molecule has 0 radical (unpaired) electrons. The Balaban J connectivity index is 1.28. The molecule has 0 saturated carbocycles. The van der Waals surface area contributed by atoms with Crippen molar-refractivity contribution in [3.63, 3.8) is 0 Å². The number of benzene rings is 3. The summed E-state index contributed by atoms with van der Waals surface area (Å²) in [5, 5.41) is 2.76. The quantitative estimate of drug-likeness (QED) is 0.350. The van der Waals surface area contributed by atoms with Gasteiger partial charge < -0.3 is 14.8 Å². The second kappa shape index (κ2) is 12.6. The first kappa shape index (κ1) is 28.6. The number of nitrogens with zero attached hydrogens (tertiary/aromatic N) is 2. The van der Waals surface area contributed by atoms with Gasteiger partial charge in [-0.05, 0) is 54.1 Å². The minimum absolute atomic E-state index is 0.179. The molecule has 1 saturated heterocycles. The predicted octanol–water partition coefficient (Wildman–Crippen LogP) is 2.48. The van der Waals surface area contributed by atoms with E-state index in [-0.39, 0.29) is 30.5 Å². The lowest BCUT2D eigenvalue weighted by molar-refractivity contribution is 0.0730. The van der Waals surface area contributed by atoms with Crippen molar-refractivity contribution in [1.82, 2.24) is 9.62 Å². The van der Waals surface area contributed by atoms with Gasteiger partial charge >= 0.3 is 0 Å². The normalized spacial score (nSPS) is 14.5. The number of hydrogen-bond donors (Lipinski definition) is 1. The average molecular weight is 574 g/mol. The summed E-state index contributed by atoms with van der Waals surface area (Å²) in [7, 11) is -7.11. The smallest absolute Gasteiger partial charge is 0.251 e. The minimum Gasteiger partial charge on any atom is -0.492 e. The molecule has 3 aromatic carbocycles. The van der Waals surface area contributed by atoms with Crippen molar-refractivity contribution in [3.8, 4) is 5.75 Å². The summed E-state index contributed by atoms with van der Waals surface area (Å²) < 4.78 is 63.7. The molecule has 0 aromatic heterocycles. The molecule has 1 heterocycles. The Morgan fingerprint density at radius 3 is 2.18 bits per heavy atom. The molecule has 208 valence electrons. The summed E-state index contributed by atoms with van der Waals surface area (Å²) in [4.78, 5) is 12.7. The van der Waals surface area contributed by atoms with E-state index in [9.17, 15) is 21.6 Å². The molecule has 3 aromatic rings. The van der Waals surface area contributed by atoms with Gasteiger partial charge in [0.05, 0.1) is 43.1 Å². The van der Waals surface area contributed by atoms with Crippen LogP contribution in [0.3, 0.4) is 0 Å². The summed E-state index contributed by atoms with van der Waals surface area (Å²) in [6.45, 7) is 1.99. The number of hydrogen-bond acceptors (Lipinski definition) is 7. The van der Waals surface area contributed by atoms with Gasteiger partial charge in [-0.15, -0.1) is 0 Å². The van der Waals surface area contributed by atoms with Crippen LogP contribution in [0.4, 0.5) is 5.69 Å². The number of carbonyl (C=O) groups excluding carboxylic acids is 1. The fourth-order valence-corrected chi connectivity index (χ4v) is 6.30. The van der Waals surface area contributed by atoms with E-state index in [1.807, 2.05) is 30.3 Å². The molecule has 0 bridgehead atoms. The Morgan fingerprint density at radius 1 is 0.923 bits per heavy atom. The number of amides is 1. The third kappa shape index (κ3) is 7.57. The number of ether oxygens (including phenoxy) is 2. The van der Waals surface area contributed by atoms with Gasteiger partial charge in [-0.25, -0.2) is 16.8 Å². The summed E-state index contributed by atoms with van der Waals surface area (Å²) >= 11 is 0. The van der Waals surface area contributed by atoms with Gasteiger partial charge in [0.1, 0.15) is 12.4 Å². The molecular weight excluding hydrogens is 542 g/mol. The van der Waals surface area contributed by atoms with Crippen LogP contribution in [0.5, 0.6) is 5.75 Å². The maximum absolute atomic E-state index is 12.7. The Morgan fingerprint density at radius 2 is 1.56 bits per heavy atom. The maximum Gasteiger partial charge on any atom is 0.251 e. The lowest BCUT2D eigenvalue weighted by atomic mass is 10.2. The number of morpholine rings is 1. The minimum atomic E-state index is -3.57. The summed E-state index contributed by atoms with van der Waals surface area (Å²) in [6.07, 6.45) is 1.15. The first-order valence-corrected chi connectivity index (χ1v) is 15.6. The molecular formula is C27H31N3O7S2. The number of nitrogens with one attached hydrogen (secondary N) is 1. The van der Waals surface area contributed by atoms with Crippen molar-refractivity contribution in [2.45, 2.75) is 11.4 Å². The summed E-state index contributed by atoms with van der Waals surface area (Å²) in [5.41, 5.74) is 1.68. The first-order chi connectivity index (χ1) is 18.6. The third-order valence-corrected chi connectivity index (χ3v) is 9.13. The van der Waals surface area contributed by atoms with E-state index in [4.69, 9.17) is 9.47 Å². The van der Waals surface area contributed by atoms with Gasteiger partial charge in [0.2, 0.25) is 20.0 Å². The largest absolute Gasteiger partial charge is 0.492 e. The fourth-order valence-electron chi connectivity index (χ4n) is 4.01. The first-order valence-electron chi connectivity index (χ1n) is 12.4. The highest BCUT2D eigenvalue weighted by atomic mass is 32.2. The predicted molar refractivity (Wildman–Crippen MR) is 148 cm³/mol. The zero-order valence-electron chi connectivity index (χ0n) is 21.5. The number of carbonyl (C=O) groups is 1. The lowest BCUT2D eigenvalue weighted by Crippen LogP contribution is -2.40. The van der Waals surface area contributed by atoms with Crippen molar-refractivity contribution in [1.29, 1.82) is 0 Å². The zero-order valence-corrected chi connectivity index (χ0v) is 23.2. The molecule has 1 amide bonds. The van der Waals surface area contributed by atoms with Crippen LogP contribution in [0.25, 0.3) is 0 Å². The van der Waals surface area contributed by atoms with E-state index in [0.29, 0.717) is 43.3 Å². The zero-order chi connectivity index (χ0) is 27.9. The maximum atomic E-state index is 12.7. The second-order valence-electron chi connectivity index (χ2n) is 8.89. The number of anilines is 1. The van der Waals surface area contributed by atoms with Crippen molar-refractivity contribution in [2.75, 3.05) is 50.0 Å². The molecule has 0 spiro atoms. The van der Waals surface area contributed by atoms with E-state index >= 15 is 0 Å². The van der Waals surface area contributed by atoms with Gasteiger partial charge in [-0.2, -0.15) is 4.31 Å². The Kier molecular flexibility index (Phi) is 9.23. The average Bonchev–Trinajstić information content (AvgIpc) is 2.95. The highest BCUT2D eigenvalue weighted by Crippen LogP contribution is 2.22. The van der Waals surface area contributed by atoms with Crippen LogP contribution in [0.2, 0.25) is 0 Å². The van der Waals surface area contributed by atoms with Crippen LogP contribution in [0.1, 0.15) is 15.9 Å². The van der Waals surface area contributed by atoms with Crippen molar-refractivity contribution in [2.24, 2.45) is 0 Å². The van der Waals surface area contributed by atoms with Crippen LogP contribution in [-0.4, -0.2) is 72.8 Å². The van der Waals surface area contributed by atoms with Crippen LogP contribution >= 0.6 is 0 Å². The molecule has 0 unspecified atom stereocenters. The van der Waals surface area contributed by atoms with E-state index in [1.54, 1.807) is 36.4 Å². The summed E-state index contributed by atoms with van der Waals surface area (Å²) in [6, 6.07) is 21.8. The van der Waals surface area contributed by atoms with Gasteiger partial charge in [-0.3, -0.25) is 9.10 Å². The molecule has 4 rings (SSSR count). The van der Waals surface area contributed by atoms with Crippen LogP contribution in [-0.2, 0) is 31.3 Å². The van der Waals surface area contributed by atoms with Crippen molar-refractivity contribution >= 4 is 31.6 Å². The van der Waals surface area contributed by atoms with Gasteiger partial charge in [0.15, 0.2) is 0 Å². The summed E-state index contributed by atoms with van der Waals surface area (Å²) in [5.74, 6) is 0.153. The molecule has 39 heavy (non-hydrogen) atoms. The molecule has 1 aliphatic heterocycles. The molecule has 10 nitrogen and oxygen atoms in total. The molecule has 1 fully saturated rings. The fraction of sp³-hybridized carbons (Fsp3) is 0.296. The number of rotatable bonds is 11. The topological polar surface area (TPSA) is 122 Å². The van der Waals surface area contributed by atoms with Crippen molar-refractivity contribution < 1.29 is 31.1 Å². The second-order valence-corrected chi connectivity index (χ2v) is 12.7. The monoisotopic (exact) mass is 573 g/mol. The van der Waals surface area contributed by atoms with Crippen molar-refractivity contribution in [3.05, 3.63) is 90.0 Å². The standard InChI is InChI=1S/C27H31N3O7S2/c1-38(32,33)30(21-22-5-3-2-4-6-22)24-9-7-23(8-10-24)27(31)28-15-18-37-25-11-13-26(14-12-25)39(34,35)29-16-19-36-20-17-29/h2-14H,15-21H2,1H3,(H,28,31). The SMILES string of the molecule is CS(=O)(=O)N(Cc1ccccc1)c1ccc(C(=O)NCCOc2ccc(S(=O)(=O)N3CCOCC3)cc2)cc1. The highest BCUT2D eigenvalue weighted by molar-refractivity contribution is 7.92. The van der Waals surface area contributed by atoms with Crippen LogP contribution < -0.4 is 14.4 Å². The van der Waals surface area contributed by atoms with E-state index < -0.39 is 20.0 Å². The van der Waals surface area contributed by atoms with E-state index in [1.165, 1.54) is 20.7 Å². The lowest BCUT2D eigenvalue weighted by Gasteiger charge is -2.26. The number of sulfonamides is 2. The van der Waals surface area contributed by atoms with Crippen LogP contribution in [0, 0.1) is 0 Å². The molecule has 0 atom stereocenters. The van der Waals surface area contributed by atoms with Crippen LogP contribution in [0.15, 0.2) is 83.8 Å². The molecule has 12 heteroatoms. The van der Waals surface area contributed by atoms with E-state index in [0.717, 1.165) is 11.8 Å². The van der Waals surface area contributed by atoms with Gasteiger partial charge in [-0.1, -0.05) is 30.3 Å². The molecule has 0 aliphatic carbocycles. The van der Waals surface area contributed by atoms with Gasteiger partial charge in [0.25, 0.3) is 5.91 Å². The highest BCUT2D eigenvalue weighted by Gasteiger charge is 2.26. The van der Waals surface area contributed by atoms with Gasteiger partial charge in [0, 0.05) is 18.7 Å². The Bertz CT molecular complexity index is 1460. The molecule has 1 N–H and O–H groups in total. The Labute approximate surface area is 229 Å². The third-order valence-electron chi connectivity index (χ3n) is 6.07.